The van der Waals surface area contributed by atoms with E-state index >= 15 is 0 Å². The summed E-state index contributed by atoms with van der Waals surface area (Å²) in [6.07, 6.45) is 3.44. The molecule has 0 aliphatic carbocycles. The van der Waals surface area contributed by atoms with Crippen LogP contribution in [0, 0.1) is 0 Å². The Balaban J connectivity index is 1.59. The van der Waals surface area contributed by atoms with E-state index < -0.39 is 0 Å². The molecule has 1 unspecified atom stereocenters. The summed E-state index contributed by atoms with van der Waals surface area (Å²) in [6, 6.07) is 8.59. The second-order valence-corrected chi connectivity index (χ2v) is 6.01. The molecule has 1 aliphatic heterocycles. The van der Waals surface area contributed by atoms with E-state index in [0.29, 0.717) is 37.5 Å². The number of amides is 2. The lowest BCUT2D eigenvalue weighted by molar-refractivity contribution is -0.136. The zero-order valence-corrected chi connectivity index (χ0v) is 14.5. The van der Waals surface area contributed by atoms with Gasteiger partial charge in [0.25, 0.3) is 5.91 Å². The van der Waals surface area contributed by atoms with Crippen molar-refractivity contribution in [2.45, 2.75) is 13.0 Å². The van der Waals surface area contributed by atoms with Crippen LogP contribution in [0.1, 0.15) is 23.3 Å². The molecule has 25 heavy (non-hydrogen) atoms. The monoisotopic (exact) mass is 342 g/mol. The largest absolute Gasteiger partial charge is 0.497 e. The Kier molecular flexibility index (Phi) is 5.02. The van der Waals surface area contributed by atoms with Crippen molar-refractivity contribution >= 4 is 11.8 Å². The van der Waals surface area contributed by atoms with Gasteiger partial charge in [0.2, 0.25) is 5.91 Å². The van der Waals surface area contributed by atoms with E-state index in [9.17, 15) is 9.59 Å². The van der Waals surface area contributed by atoms with Gasteiger partial charge in [-0.05, 0) is 31.2 Å². The zero-order chi connectivity index (χ0) is 17.8. The van der Waals surface area contributed by atoms with E-state index in [1.54, 1.807) is 58.3 Å². The third-order valence-electron chi connectivity index (χ3n) is 4.47. The van der Waals surface area contributed by atoms with Gasteiger partial charge in [-0.15, -0.1) is 0 Å². The van der Waals surface area contributed by atoms with Crippen LogP contribution in [-0.2, 0) is 4.79 Å². The normalized spacial score (nSPS) is 15.8. The Labute approximate surface area is 146 Å². The molecule has 0 saturated carbocycles. The van der Waals surface area contributed by atoms with Gasteiger partial charge in [0.1, 0.15) is 11.8 Å². The van der Waals surface area contributed by atoms with Crippen molar-refractivity contribution in [3.8, 4) is 5.75 Å². The molecule has 3 rings (SSSR count). The average molecular weight is 342 g/mol. The third kappa shape index (κ3) is 3.65. The van der Waals surface area contributed by atoms with Gasteiger partial charge in [0.05, 0.1) is 7.11 Å². The minimum atomic E-state index is -0.337. The molecule has 1 fully saturated rings. The molecule has 1 atom stereocenters. The van der Waals surface area contributed by atoms with Gasteiger partial charge < -0.3 is 14.5 Å². The molecular formula is C18H22N4O3. The zero-order valence-electron chi connectivity index (χ0n) is 14.5. The molecule has 2 amide bonds. The quantitative estimate of drug-likeness (QED) is 0.843. The number of carbonyl (C=O) groups is 2. The summed E-state index contributed by atoms with van der Waals surface area (Å²) in [5.74, 6) is 0.649. The van der Waals surface area contributed by atoms with Gasteiger partial charge in [0, 0.05) is 44.1 Å². The van der Waals surface area contributed by atoms with Gasteiger partial charge in [-0.2, -0.15) is 5.10 Å². The number of hydrogen-bond donors (Lipinski definition) is 0. The van der Waals surface area contributed by atoms with Gasteiger partial charge in [-0.25, -0.2) is 0 Å². The molecule has 1 saturated heterocycles. The van der Waals surface area contributed by atoms with Crippen LogP contribution in [0.15, 0.2) is 42.7 Å². The Morgan fingerprint density at radius 2 is 1.84 bits per heavy atom. The van der Waals surface area contributed by atoms with Crippen molar-refractivity contribution < 1.29 is 14.3 Å². The van der Waals surface area contributed by atoms with Crippen LogP contribution in [0.2, 0.25) is 0 Å². The van der Waals surface area contributed by atoms with Crippen molar-refractivity contribution in [1.82, 2.24) is 19.6 Å². The Morgan fingerprint density at radius 1 is 1.12 bits per heavy atom. The van der Waals surface area contributed by atoms with Gasteiger partial charge in [0.15, 0.2) is 0 Å². The van der Waals surface area contributed by atoms with E-state index in [2.05, 4.69) is 5.10 Å². The van der Waals surface area contributed by atoms with Crippen LogP contribution >= 0.6 is 0 Å². The third-order valence-corrected chi connectivity index (χ3v) is 4.47. The summed E-state index contributed by atoms with van der Waals surface area (Å²) >= 11 is 0. The second-order valence-electron chi connectivity index (χ2n) is 6.01. The summed E-state index contributed by atoms with van der Waals surface area (Å²) in [5.41, 5.74) is 0.601. The first-order chi connectivity index (χ1) is 12.1. The summed E-state index contributed by atoms with van der Waals surface area (Å²) < 4.78 is 6.82. The molecule has 0 radical (unpaired) electrons. The SMILES string of the molecule is COc1cccc(C(=O)N2CCN(C(=O)C(C)n3cccn3)CC2)c1. The lowest BCUT2D eigenvalue weighted by Crippen LogP contribution is -2.51. The molecule has 7 nitrogen and oxygen atoms in total. The maximum absolute atomic E-state index is 12.6. The molecule has 2 aromatic rings. The van der Waals surface area contributed by atoms with Crippen LogP contribution in [0.4, 0.5) is 0 Å². The van der Waals surface area contributed by atoms with Crippen molar-refractivity contribution in [3.63, 3.8) is 0 Å². The fraction of sp³-hybridized carbons (Fsp3) is 0.389. The number of piperazine rings is 1. The maximum Gasteiger partial charge on any atom is 0.254 e. The highest BCUT2D eigenvalue weighted by Gasteiger charge is 2.28. The number of benzene rings is 1. The minimum Gasteiger partial charge on any atom is -0.497 e. The topological polar surface area (TPSA) is 67.7 Å². The number of nitrogens with zero attached hydrogens (tertiary/aromatic N) is 4. The van der Waals surface area contributed by atoms with E-state index in [-0.39, 0.29) is 17.9 Å². The number of aromatic nitrogens is 2. The summed E-state index contributed by atoms with van der Waals surface area (Å²) in [7, 11) is 1.58. The molecule has 1 aromatic heterocycles. The van der Waals surface area contributed by atoms with Crippen LogP contribution in [0.5, 0.6) is 5.75 Å². The van der Waals surface area contributed by atoms with Crippen LogP contribution in [0.25, 0.3) is 0 Å². The first kappa shape index (κ1) is 17.0. The minimum absolute atomic E-state index is 0.0252. The first-order valence-electron chi connectivity index (χ1n) is 8.31. The average Bonchev–Trinajstić information content (AvgIpc) is 3.21. The molecule has 1 aliphatic rings. The highest BCUT2D eigenvalue weighted by atomic mass is 16.5. The van der Waals surface area contributed by atoms with E-state index in [0.717, 1.165) is 0 Å². The number of ether oxygens (including phenoxy) is 1. The highest BCUT2D eigenvalue weighted by Crippen LogP contribution is 2.17. The number of rotatable bonds is 4. The molecule has 1 aromatic carbocycles. The molecule has 132 valence electrons. The number of methoxy groups -OCH3 is 1. The fourth-order valence-electron chi connectivity index (χ4n) is 2.96. The highest BCUT2D eigenvalue weighted by molar-refractivity contribution is 5.94. The van der Waals surface area contributed by atoms with Crippen LogP contribution in [0.3, 0.4) is 0 Å². The molecule has 0 spiro atoms. The van der Waals surface area contributed by atoms with Crippen molar-refractivity contribution in [3.05, 3.63) is 48.3 Å². The van der Waals surface area contributed by atoms with Crippen LogP contribution in [-0.4, -0.2) is 64.7 Å². The van der Waals surface area contributed by atoms with Crippen LogP contribution < -0.4 is 4.74 Å². The molecular weight excluding hydrogens is 320 g/mol. The van der Waals surface area contributed by atoms with Crippen molar-refractivity contribution in [1.29, 1.82) is 0 Å². The Hall–Kier alpha value is -2.83. The number of hydrogen-bond acceptors (Lipinski definition) is 4. The first-order valence-corrected chi connectivity index (χ1v) is 8.31. The molecule has 2 heterocycles. The van der Waals surface area contributed by atoms with E-state index in [4.69, 9.17) is 4.74 Å². The summed E-state index contributed by atoms with van der Waals surface area (Å²) in [4.78, 5) is 28.8. The van der Waals surface area contributed by atoms with Gasteiger partial charge >= 0.3 is 0 Å². The standard InChI is InChI=1S/C18H22N4O3/c1-14(22-8-4-7-19-22)17(23)20-9-11-21(12-10-20)18(24)15-5-3-6-16(13-15)25-2/h3-8,13-14H,9-12H2,1-2H3. The van der Waals surface area contributed by atoms with Gasteiger partial charge in [-0.1, -0.05) is 6.07 Å². The Morgan fingerprint density at radius 3 is 2.48 bits per heavy atom. The lowest BCUT2D eigenvalue weighted by Gasteiger charge is -2.36. The predicted octanol–water partition coefficient (Wildman–Crippen LogP) is 1.44. The summed E-state index contributed by atoms with van der Waals surface area (Å²) in [6.45, 7) is 3.94. The maximum atomic E-state index is 12.6. The second kappa shape index (κ2) is 7.38. The summed E-state index contributed by atoms with van der Waals surface area (Å²) in [5, 5.41) is 4.12. The van der Waals surface area contributed by atoms with Crippen molar-refractivity contribution in [2.75, 3.05) is 33.3 Å². The fourth-order valence-corrected chi connectivity index (χ4v) is 2.96. The smallest absolute Gasteiger partial charge is 0.254 e. The van der Waals surface area contributed by atoms with Gasteiger partial charge in [-0.3, -0.25) is 14.3 Å². The molecule has 0 bridgehead atoms. The van der Waals surface area contributed by atoms with E-state index in [1.165, 1.54) is 0 Å². The van der Waals surface area contributed by atoms with Crippen molar-refractivity contribution in [2.24, 2.45) is 0 Å². The Bertz CT molecular complexity index is 737. The molecule has 0 N–H and O–H groups in total. The predicted molar refractivity (Wildman–Crippen MR) is 92.4 cm³/mol. The number of carbonyl (C=O) groups excluding carboxylic acids is 2. The van der Waals surface area contributed by atoms with E-state index in [1.807, 2.05) is 13.0 Å². The molecule has 7 heteroatoms. The lowest BCUT2D eigenvalue weighted by atomic mass is 10.1.